The van der Waals surface area contributed by atoms with E-state index < -0.39 is 0 Å². The Hall–Kier alpha value is -0.570. The molecule has 0 radical (unpaired) electrons. The first-order valence-corrected chi connectivity index (χ1v) is 5.02. The lowest BCUT2D eigenvalue weighted by Crippen LogP contribution is -2.38. The normalized spacial score (nSPS) is 13.0. The zero-order valence-electron chi connectivity index (χ0n) is 8.84. The van der Waals surface area contributed by atoms with Gasteiger partial charge in [-0.15, -0.1) is 0 Å². The minimum Gasteiger partial charge on any atom is -0.396 e. The molecule has 0 aromatic heterocycles. The minimum absolute atomic E-state index is 0.0923. The smallest absolute Gasteiger partial charge is 0.220 e. The molecular formula is C10H21NO2. The molecule has 2 N–H and O–H groups in total. The Morgan fingerprint density at radius 3 is 2.46 bits per heavy atom. The summed E-state index contributed by atoms with van der Waals surface area (Å²) in [5, 5.41) is 11.7. The van der Waals surface area contributed by atoms with Crippen molar-refractivity contribution in [3.8, 4) is 0 Å². The van der Waals surface area contributed by atoms with Crippen LogP contribution in [0.2, 0.25) is 0 Å². The number of carbonyl (C=O) groups is 1. The predicted octanol–water partition coefficient (Wildman–Crippen LogP) is 1.31. The molecule has 3 heteroatoms. The molecule has 1 amide bonds. The van der Waals surface area contributed by atoms with Crippen LogP contribution in [-0.2, 0) is 4.79 Å². The van der Waals surface area contributed by atoms with Gasteiger partial charge in [0.25, 0.3) is 0 Å². The molecule has 1 unspecified atom stereocenters. The second kappa shape index (κ2) is 6.89. The summed E-state index contributed by atoms with van der Waals surface area (Å²) in [6, 6.07) is 0.115. The van der Waals surface area contributed by atoms with Crippen LogP contribution in [0.25, 0.3) is 0 Å². The maximum atomic E-state index is 11.2. The van der Waals surface area contributed by atoms with Gasteiger partial charge in [0.05, 0.1) is 0 Å². The Balaban J connectivity index is 3.86. The molecular weight excluding hydrogens is 166 g/mol. The third-order valence-electron chi connectivity index (χ3n) is 2.07. The molecule has 0 aromatic rings. The van der Waals surface area contributed by atoms with Gasteiger partial charge in [0, 0.05) is 19.1 Å². The fraction of sp³-hybridized carbons (Fsp3) is 0.900. The molecule has 0 spiro atoms. The Morgan fingerprint density at radius 2 is 2.08 bits per heavy atom. The van der Waals surface area contributed by atoms with E-state index in [4.69, 9.17) is 5.11 Å². The maximum Gasteiger partial charge on any atom is 0.220 e. The highest BCUT2D eigenvalue weighted by Crippen LogP contribution is 2.05. The van der Waals surface area contributed by atoms with E-state index in [2.05, 4.69) is 5.32 Å². The van der Waals surface area contributed by atoms with Gasteiger partial charge in [-0.2, -0.15) is 0 Å². The van der Waals surface area contributed by atoms with E-state index in [1.165, 1.54) is 0 Å². The van der Waals surface area contributed by atoms with E-state index in [0.29, 0.717) is 18.8 Å². The lowest BCUT2D eigenvalue weighted by atomic mass is 10.0. The molecule has 0 saturated heterocycles. The molecule has 13 heavy (non-hydrogen) atoms. The van der Waals surface area contributed by atoms with E-state index in [1.54, 1.807) is 0 Å². The first kappa shape index (κ1) is 12.4. The Morgan fingerprint density at radius 1 is 1.46 bits per heavy atom. The number of hydrogen-bond acceptors (Lipinski definition) is 2. The Labute approximate surface area is 80.5 Å². The summed E-state index contributed by atoms with van der Waals surface area (Å²) in [4.78, 5) is 11.2. The van der Waals surface area contributed by atoms with E-state index in [1.807, 2.05) is 20.8 Å². The largest absolute Gasteiger partial charge is 0.396 e. The molecule has 0 aromatic carbocycles. The zero-order valence-corrected chi connectivity index (χ0v) is 8.84. The average molecular weight is 187 g/mol. The summed E-state index contributed by atoms with van der Waals surface area (Å²) in [5.41, 5.74) is 0. The van der Waals surface area contributed by atoms with Gasteiger partial charge in [0.2, 0.25) is 5.91 Å². The van der Waals surface area contributed by atoms with Crippen molar-refractivity contribution in [3.05, 3.63) is 0 Å². The fourth-order valence-corrected chi connectivity index (χ4v) is 1.22. The lowest BCUT2D eigenvalue weighted by molar-refractivity contribution is -0.122. The van der Waals surface area contributed by atoms with Crippen molar-refractivity contribution in [2.24, 2.45) is 5.92 Å². The van der Waals surface area contributed by atoms with Gasteiger partial charge in [-0.25, -0.2) is 0 Å². The van der Waals surface area contributed by atoms with Crippen molar-refractivity contribution in [1.29, 1.82) is 0 Å². The number of rotatable bonds is 6. The summed E-state index contributed by atoms with van der Waals surface area (Å²) in [6.07, 6.45) is 2.09. The molecule has 0 aliphatic rings. The van der Waals surface area contributed by atoms with E-state index in [0.717, 1.165) is 6.42 Å². The van der Waals surface area contributed by atoms with Crippen LogP contribution in [0.4, 0.5) is 0 Å². The van der Waals surface area contributed by atoms with Crippen molar-refractivity contribution < 1.29 is 9.90 Å². The molecule has 0 fully saturated rings. The highest BCUT2D eigenvalue weighted by Gasteiger charge is 2.14. The number of aliphatic hydroxyl groups is 1. The molecule has 0 saturated carbocycles. The van der Waals surface area contributed by atoms with Gasteiger partial charge in [0.15, 0.2) is 0 Å². The summed E-state index contributed by atoms with van der Waals surface area (Å²) < 4.78 is 0. The third-order valence-corrected chi connectivity index (χ3v) is 2.07. The Kier molecular flexibility index (Phi) is 6.59. The predicted molar refractivity (Wildman–Crippen MR) is 53.4 cm³/mol. The van der Waals surface area contributed by atoms with Crippen LogP contribution >= 0.6 is 0 Å². The molecule has 78 valence electrons. The summed E-state index contributed by atoms with van der Waals surface area (Å²) in [5.74, 6) is 0.475. The summed E-state index contributed by atoms with van der Waals surface area (Å²) in [7, 11) is 0. The molecule has 0 aliphatic carbocycles. The van der Waals surface area contributed by atoms with Crippen LogP contribution in [0.5, 0.6) is 0 Å². The number of carbonyl (C=O) groups excluding carboxylic acids is 1. The monoisotopic (exact) mass is 187 g/mol. The van der Waals surface area contributed by atoms with Gasteiger partial charge in [-0.1, -0.05) is 20.8 Å². The summed E-state index contributed by atoms with van der Waals surface area (Å²) >= 11 is 0. The maximum absolute atomic E-state index is 11.2. The van der Waals surface area contributed by atoms with E-state index >= 15 is 0 Å². The van der Waals surface area contributed by atoms with Gasteiger partial charge in [0.1, 0.15) is 0 Å². The fourth-order valence-electron chi connectivity index (χ4n) is 1.22. The minimum atomic E-state index is 0.0923. The van der Waals surface area contributed by atoms with Crippen molar-refractivity contribution >= 4 is 5.91 Å². The second-order valence-electron chi connectivity index (χ2n) is 3.68. The zero-order chi connectivity index (χ0) is 10.3. The number of amides is 1. The van der Waals surface area contributed by atoms with Gasteiger partial charge >= 0.3 is 0 Å². The third kappa shape index (κ3) is 5.64. The highest BCUT2D eigenvalue weighted by molar-refractivity contribution is 5.76. The number of nitrogens with one attached hydrogen (secondary N) is 1. The van der Waals surface area contributed by atoms with E-state index in [9.17, 15) is 4.79 Å². The molecule has 1 atom stereocenters. The van der Waals surface area contributed by atoms with Crippen LogP contribution in [0, 0.1) is 5.92 Å². The quantitative estimate of drug-likeness (QED) is 0.658. The van der Waals surface area contributed by atoms with Crippen molar-refractivity contribution in [2.75, 3.05) is 6.61 Å². The van der Waals surface area contributed by atoms with Gasteiger partial charge < -0.3 is 10.4 Å². The number of hydrogen-bond donors (Lipinski definition) is 2. The first-order chi connectivity index (χ1) is 6.11. The van der Waals surface area contributed by atoms with Crippen molar-refractivity contribution in [2.45, 2.75) is 46.1 Å². The summed E-state index contributed by atoms with van der Waals surface area (Å²) in [6.45, 7) is 6.21. The van der Waals surface area contributed by atoms with Crippen LogP contribution in [0.15, 0.2) is 0 Å². The van der Waals surface area contributed by atoms with Crippen LogP contribution < -0.4 is 5.32 Å². The van der Waals surface area contributed by atoms with Crippen LogP contribution in [-0.4, -0.2) is 23.7 Å². The molecule has 0 bridgehead atoms. The van der Waals surface area contributed by atoms with Crippen molar-refractivity contribution in [1.82, 2.24) is 5.32 Å². The number of aliphatic hydroxyl groups excluding tert-OH is 1. The van der Waals surface area contributed by atoms with E-state index in [-0.39, 0.29) is 18.6 Å². The standard InChI is InChI=1S/C10H21NO2/c1-4-5-10(13)11-9(6-7-12)8(2)3/h8-9,12H,4-7H2,1-3H3,(H,11,13). The van der Waals surface area contributed by atoms with Gasteiger partial charge in [-0.05, 0) is 18.8 Å². The highest BCUT2D eigenvalue weighted by atomic mass is 16.3. The molecule has 0 rings (SSSR count). The lowest BCUT2D eigenvalue weighted by Gasteiger charge is -2.21. The second-order valence-corrected chi connectivity index (χ2v) is 3.68. The SMILES string of the molecule is CCCC(=O)NC(CCO)C(C)C. The Bertz CT molecular complexity index is 146. The van der Waals surface area contributed by atoms with Crippen LogP contribution in [0.1, 0.15) is 40.0 Å². The van der Waals surface area contributed by atoms with Gasteiger partial charge in [-0.3, -0.25) is 4.79 Å². The average Bonchev–Trinajstić information content (AvgIpc) is 2.04. The molecule has 0 heterocycles. The van der Waals surface area contributed by atoms with Crippen molar-refractivity contribution in [3.63, 3.8) is 0 Å². The first-order valence-electron chi connectivity index (χ1n) is 5.02. The molecule has 0 aliphatic heterocycles. The molecule has 3 nitrogen and oxygen atoms in total. The topological polar surface area (TPSA) is 49.3 Å². The van der Waals surface area contributed by atoms with Crippen LogP contribution in [0.3, 0.4) is 0 Å².